The zero-order chi connectivity index (χ0) is 23.2. The van der Waals surface area contributed by atoms with E-state index in [1.807, 2.05) is 30.3 Å². The minimum atomic E-state index is -4.44. The molecule has 0 spiro atoms. The Kier molecular flexibility index (Phi) is 4.81. The van der Waals surface area contributed by atoms with Gasteiger partial charge in [0.2, 0.25) is 0 Å². The summed E-state index contributed by atoms with van der Waals surface area (Å²) in [5.41, 5.74) is 4.23. The van der Waals surface area contributed by atoms with Crippen LogP contribution in [0.2, 0.25) is 0 Å². The molecule has 0 unspecified atom stereocenters. The highest BCUT2D eigenvalue weighted by atomic mass is 19.4. The Morgan fingerprint density at radius 3 is 2.39 bits per heavy atom. The normalized spacial score (nSPS) is 13.0. The van der Waals surface area contributed by atoms with Crippen LogP contribution in [0.1, 0.15) is 21.5 Å². The smallest absolute Gasteiger partial charge is 0.359 e. The lowest BCUT2D eigenvalue weighted by atomic mass is 9.99. The number of halogens is 3. The molecule has 33 heavy (non-hydrogen) atoms. The van der Waals surface area contributed by atoms with E-state index in [4.69, 9.17) is 0 Å². The summed E-state index contributed by atoms with van der Waals surface area (Å²) in [7, 11) is 0. The van der Waals surface area contributed by atoms with E-state index in [9.17, 15) is 22.8 Å². The number of urea groups is 1. The fraction of sp³-hybridized carbons (Fsp3) is 0.0833. The van der Waals surface area contributed by atoms with Crippen molar-refractivity contribution >= 4 is 34.2 Å². The molecular weight excluding hydrogens is 433 g/mol. The van der Waals surface area contributed by atoms with E-state index >= 15 is 0 Å². The summed E-state index contributed by atoms with van der Waals surface area (Å²) in [5, 5.41) is 8.82. The van der Waals surface area contributed by atoms with Crippen molar-refractivity contribution in [1.82, 2.24) is 10.3 Å². The molecule has 166 valence electrons. The number of hydrogen-bond donors (Lipinski definition) is 4. The molecule has 0 bridgehead atoms. The summed E-state index contributed by atoms with van der Waals surface area (Å²) in [6.45, 7) is 0.491. The molecule has 1 aliphatic heterocycles. The molecule has 0 radical (unpaired) electrons. The topological polar surface area (TPSA) is 86.0 Å². The van der Waals surface area contributed by atoms with Gasteiger partial charge in [-0.05, 0) is 65.2 Å². The van der Waals surface area contributed by atoms with Crippen molar-refractivity contribution in [1.29, 1.82) is 0 Å². The molecule has 9 heteroatoms. The summed E-state index contributed by atoms with van der Waals surface area (Å²) in [5.74, 6) is -0.0804. The van der Waals surface area contributed by atoms with Gasteiger partial charge in [-0.3, -0.25) is 4.79 Å². The van der Waals surface area contributed by atoms with Crippen molar-refractivity contribution in [3.8, 4) is 11.1 Å². The van der Waals surface area contributed by atoms with Gasteiger partial charge < -0.3 is 20.9 Å². The van der Waals surface area contributed by atoms with Crippen molar-refractivity contribution in [2.45, 2.75) is 12.7 Å². The third-order valence-corrected chi connectivity index (χ3v) is 5.52. The fourth-order valence-corrected chi connectivity index (χ4v) is 3.84. The monoisotopic (exact) mass is 450 g/mol. The molecule has 0 saturated carbocycles. The van der Waals surface area contributed by atoms with Gasteiger partial charge >= 0.3 is 12.2 Å². The average Bonchev–Trinajstić information content (AvgIpc) is 3.36. The molecule has 0 aliphatic carbocycles. The average molecular weight is 450 g/mol. The summed E-state index contributed by atoms with van der Waals surface area (Å²) in [6, 6.07) is 15.0. The van der Waals surface area contributed by atoms with Crippen molar-refractivity contribution in [3.63, 3.8) is 0 Å². The molecule has 6 nitrogen and oxygen atoms in total. The van der Waals surface area contributed by atoms with Crippen molar-refractivity contribution in [2.24, 2.45) is 0 Å². The number of benzene rings is 3. The van der Waals surface area contributed by atoms with Gasteiger partial charge in [-0.2, -0.15) is 13.2 Å². The van der Waals surface area contributed by atoms with Crippen LogP contribution in [0.25, 0.3) is 22.0 Å². The van der Waals surface area contributed by atoms with Crippen LogP contribution in [0.3, 0.4) is 0 Å². The molecule has 2 heterocycles. The van der Waals surface area contributed by atoms with Crippen LogP contribution in [0.4, 0.5) is 29.3 Å². The Balaban J connectivity index is 1.36. The Hall–Kier alpha value is -4.27. The minimum Gasteiger partial charge on any atom is -0.359 e. The highest BCUT2D eigenvalue weighted by Gasteiger charge is 2.30. The molecule has 1 aliphatic rings. The molecule has 3 amide bonds. The van der Waals surface area contributed by atoms with E-state index in [0.717, 1.165) is 39.7 Å². The van der Waals surface area contributed by atoms with E-state index in [1.54, 1.807) is 12.3 Å². The zero-order valence-corrected chi connectivity index (χ0v) is 17.0. The van der Waals surface area contributed by atoms with Crippen molar-refractivity contribution in [2.75, 3.05) is 10.6 Å². The number of anilines is 2. The lowest BCUT2D eigenvalue weighted by molar-refractivity contribution is -0.137. The van der Waals surface area contributed by atoms with Gasteiger partial charge in [-0.25, -0.2) is 4.79 Å². The Morgan fingerprint density at radius 2 is 1.64 bits per heavy atom. The highest BCUT2D eigenvalue weighted by molar-refractivity contribution is 6.06. The van der Waals surface area contributed by atoms with E-state index < -0.39 is 17.8 Å². The number of rotatable bonds is 3. The number of hydrogen-bond acceptors (Lipinski definition) is 2. The molecule has 5 rings (SSSR count). The van der Waals surface area contributed by atoms with Crippen LogP contribution in [-0.2, 0) is 12.7 Å². The predicted molar refractivity (Wildman–Crippen MR) is 119 cm³/mol. The Labute approximate surface area is 185 Å². The summed E-state index contributed by atoms with van der Waals surface area (Å²) >= 11 is 0. The van der Waals surface area contributed by atoms with Gasteiger partial charge in [0.15, 0.2) is 0 Å². The molecule has 3 aromatic carbocycles. The van der Waals surface area contributed by atoms with E-state index in [0.29, 0.717) is 17.8 Å². The first-order valence-electron chi connectivity index (χ1n) is 10.1. The summed E-state index contributed by atoms with van der Waals surface area (Å²) in [6.07, 6.45) is -2.79. The Bertz CT molecular complexity index is 1390. The summed E-state index contributed by atoms with van der Waals surface area (Å²) < 4.78 is 38.1. The van der Waals surface area contributed by atoms with Crippen LogP contribution in [0.5, 0.6) is 0 Å². The standard InChI is InChI=1S/C24H17F3N4O2/c25-24(26,27)16-3-5-17(6-4-16)30-23(33)31-21-12-28-20-8-2-14(10-19(20)21)13-1-7-18-15(9-13)11-29-22(18)32/h1-10,12,28H,11H2,(H,29,32)(H2,30,31,33). The maximum atomic E-state index is 12.7. The van der Waals surface area contributed by atoms with Crippen LogP contribution in [0.15, 0.2) is 66.9 Å². The number of nitrogens with one attached hydrogen (secondary N) is 4. The van der Waals surface area contributed by atoms with Crippen LogP contribution >= 0.6 is 0 Å². The third-order valence-electron chi connectivity index (χ3n) is 5.52. The number of aromatic nitrogens is 1. The first kappa shape index (κ1) is 20.6. The van der Waals surface area contributed by atoms with Crippen LogP contribution < -0.4 is 16.0 Å². The highest BCUT2D eigenvalue weighted by Crippen LogP contribution is 2.32. The van der Waals surface area contributed by atoms with Crippen molar-refractivity contribution in [3.05, 3.63) is 83.6 Å². The van der Waals surface area contributed by atoms with Gasteiger partial charge in [0.1, 0.15) is 0 Å². The first-order valence-corrected chi connectivity index (χ1v) is 10.1. The first-order chi connectivity index (χ1) is 15.8. The van der Waals surface area contributed by atoms with Gasteiger partial charge in [0, 0.05) is 34.9 Å². The second-order valence-corrected chi connectivity index (χ2v) is 7.67. The fourth-order valence-electron chi connectivity index (χ4n) is 3.84. The maximum absolute atomic E-state index is 12.7. The predicted octanol–water partition coefficient (Wildman–Crippen LogP) is 5.74. The lowest BCUT2D eigenvalue weighted by Crippen LogP contribution is -2.19. The van der Waals surface area contributed by atoms with Crippen LogP contribution in [-0.4, -0.2) is 16.9 Å². The number of fused-ring (bicyclic) bond motifs is 2. The van der Waals surface area contributed by atoms with Gasteiger partial charge in [-0.15, -0.1) is 0 Å². The second kappa shape index (κ2) is 7.70. The molecule has 0 saturated heterocycles. The number of amides is 3. The molecule has 0 fully saturated rings. The van der Waals surface area contributed by atoms with Gasteiger partial charge in [-0.1, -0.05) is 12.1 Å². The number of carbonyl (C=O) groups excluding carboxylic acids is 2. The minimum absolute atomic E-state index is 0.0804. The maximum Gasteiger partial charge on any atom is 0.416 e. The van der Waals surface area contributed by atoms with Gasteiger partial charge in [0.05, 0.1) is 11.3 Å². The second-order valence-electron chi connectivity index (χ2n) is 7.67. The van der Waals surface area contributed by atoms with Crippen LogP contribution in [0, 0.1) is 0 Å². The van der Waals surface area contributed by atoms with E-state index in [-0.39, 0.29) is 11.6 Å². The quantitative estimate of drug-likeness (QED) is 0.321. The lowest BCUT2D eigenvalue weighted by Gasteiger charge is -2.10. The number of H-pyrrole nitrogens is 1. The van der Waals surface area contributed by atoms with E-state index in [1.165, 1.54) is 12.1 Å². The number of aromatic amines is 1. The van der Waals surface area contributed by atoms with Crippen molar-refractivity contribution < 1.29 is 22.8 Å². The molecule has 4 aromatic rings. The SMILES string of the molecule is O=C(Nc1ccc(C(F)(F)F)cc1)Nc1c[nH]c2ccc(-c3ccc4c(c3)CNC4=O)cc12. The Morgan fingerprint density at radius 1 is 0.909 bits per heavy atom. The molecule has 4 N–H and O–H groups in total. The molecule has 1 aromatic heterocycles. The summed E-state index contributed by atoms with van der Waals surface area (Å²) in [4.78, 5) is 27.3. The largest absolute Gasteiger partial charge is 0.416 e. The number of carbonyl (C=O) groups is 2. The number of alkyl halides is 3. The molecular formula is C24H17F3N4O2. The van der Waals surface area contributed by atoms with E-state index in [2.05, 4.69) is 20.9 Å². The third kappa shape index (κ3) is 4.00. The molecule has 0 atom stereocenters. The zero-order valence-electron chi connectivity index (χ0n) is 17.0. The van der Waals surface area contributed by atoms with Gasteiger partial charge in [0.25, 0.3) is 5.91 Å².